The number of fused-ring (bicyclic) bond motifs is 1. The van der Waals surface area contributed by atoms with Crippen LogP contribution in [0.15, 0.2) is 48.5 Å². The summed E-state index contributed by atoms with van der Waals surface area (Å²) in [5.41, 5.74) is -1.52. The Labute approximate surface area is 274 Å². The summed E-state index contributed by atoms with van der Waals surface area (Å²) < 4.78 is 83.9. The minimum Gasteiger partial charge on any atom is -0.465 e. The van der Waals surface area contributed by atoms with Crippen molar-refractivity contribution in [3.05, 3.63) is 77.1 Å². The maximum atomic E-state index is 14.4. The van der Waals surface area contributed by atoms with E-state index in [0.29, 0.717) is 28.1 Å². The molecule has 1 atom stereocenters. The molecule has 0 saturated heterocycles. The molecule has 48 heavy (non-hydrogen) atoms. The Morgan fingerprint density at radius 1 is 1.10 bits per heavy atom. The molecule has 0 spiro atoms. The van der Waals surface area contributed by atoms with E-state index >= 15 is 0 Å². The number of sulfonamides is 1. The summed E-state index contributed by atoms with van der Waals surface area (Å²) in [6, 6.07) is 9.70. The van der Waals surface area contributed by atoms with Gasteiger partial charge < -0.3 is 10.2 Å². The fourth-order valence-corrected chi connectivity index (χ4v) is 6.56. The third-order valence-electron chi connectivity index (χ3n) is 7.79. The number of hydrogen-bond acceptors (Lipinski definition) is 6. The monoisotopic (exact) mass is 687 g/mol. The van der Waals surface area contributed by atoms with Crippen molar-refractivity contribution >= 4 is 32.8 Å². The second kappa shape index (κ2) is 12.1. The average molecular weight is 688 g/mol. The van der Waals surface area contributed by atoms with E-state index in [0.717, 1.165) is 23.3 Å². The van der Waals surface area contributed by atoms with Gasteiger partial charge in [0.25, 0.3) is 5.92 Å². The lowest BCUT2D eigenvalue weighted by Gasteiger charge is -2.40. The quantitative estimate of drug-likeness (QED) is 0.164. The number of alkyl halides is 2. The number of carbonyl (C=O) groups is 1. The number of rotatable bonds is 7. The van der Waals surface area contributed by atoms with Crippen LogP contribution in [0.5, 0.6) is 0 Å². The van der Waals surface area contributed by atoms with Crippen LogP contribution in [0, 0.1) is 23.5 Å². The second-order valence-electron chi connectivity index (χ2n) is 13.0. The summed E-state index contributed by atoms with van der Waals surface area (Å²) in [7, 11) is -2.13. The number of benzene rings is 2. The summed E-state index contributed by atoms with van der Waals surface area (Å²) in [6.45, 7) is 4.92. The molecule has 5 rings (SSSR count). The molecule has 2 heterocycles. The SMILES string of the molecule is Cn1nc(NS(C)(=O)=O)c2cccc(-c3ccc(C#CC4(O)CC(F)(F)C4)nc3[C@H](Cc3cc(F)cc(F)c3)N(C(=O)O)C(C)(C)C)c21. The van der Waals surface area contributed by atoms with Gasteiger partial charge in [-0.3, -0.25) is 14.3 Å². The molecule has 4 aromatic rings. The van der Waals surface area contributed by atoms with Crippen LogP contribution in [0.25, 0.3) is 22.0 Å². The maximum absolute atomic E-state index is 14.4. The molecule has 0 aliphatic heterocycles. The maximum Gasteiger partial charge on any atom is 0.408 e. The van der Waals surface area contributed by atoms with Crippen LogP contribution in [0.2, 0.25) is 0 Å². The van der Waals surface area contributed by atoms with E-state index in [4.69, 9.17) is 4.98 Å². The molecular weight excluding hydrogens is 654 g/mol. The van der Waals surface area contributed by atoms with Gasteiger partial charge >= 0.3 is 6.09 Å². The summed E-state index contributed by atoms with van der Waals surface area (Å²) in [6.07, 6.45) is -2.33. The predicted octanol–water partition coefficient (Wildman–Crippen LogP) is 5.86. The molecule has 2 aromatic heterocycles. The molecule has 10 nitrogen and oxygen atoms in total. The van der Waals surface area contributed by atoms with E-state index in [-0.39, 0.29) is 29.2 Å². The van der Waals surface area contributed by atoms with Crippen LogP contribution >= 0.6 is 0 Å². The average Bonchev–Trinajstić information content (AvgIpc) is 3.22. The van der Waals surface area contributed by atoms with Crippen LogP contribution in [-0.2, 0) is 23.5 Å². The van der Waals surface area contributed by atoms with Gasteiger partial charge in [0.1, 0.15) is 22.9 Å². The van der Waals surface area contributed by atoms with Crippen molar-refractivity contribution in [3.63, 3.8) is 0 Å². The number of aromatic nitrogens is 3. The lowest BCUT2D eigenvalue weighted by molar-refractivity contribution is -0.176. The summed E-state index contributed by atoms with van der Waals surface area (Å²) in [5, 5.41) is 25.7. The zero-order valence-corrected chi connectivity index (χ0v) is 27.5. The third-order valence-corrected chi connectivity index (χ3v) is 8.36. The Morgan fingerprint density at radius 3 is 2.31 bits per heavy atom. The third kappa shape index (κ3) is 7.39. The van der Waals surface area contributed by atoms with E-state index in [1.165, 1.54) is 10.7 Å². The number of nitrogens with one attached hydrogen (secondary N) is 1. The van der Waals surface area contributed by atoms with Gasteiger partial charge in [0.15, 0.2) is 5.82 Å². The Morgan fingerprint density at radius 2 is 1.75 bits per heavy atom. The summed E-state index contributed by atoms with van der Waals surface area (Å²) >= 11 is 0. The highest BCUT2D eigenvalue weighted by atomic mass is 32.2. The van der Waals surface area contributed by atoms with Gasteiger partial charge in [-0.05, 0) is 69.0 Å². The normalized spacial score (nSPS) is 16.0. The Kier molecular flexibility index (Phi) is 8.72. The lowest BCUT2D eigenvalue weighted by Crippen LogP contribution is -2.50. The first kappa shape index (κ1) is 34.6. The van der Waals surface area contributed by atoms with Crippen LogP contribution in [0.1, 0.15) is 56.6 Å². The first-order valence-corrected chi connectivity index (χ1v) is 16.6. The molecule has 3 N–H and O–H groups in total. The highest BCUT2D eigenvalue weighted by molar-refractivity contribution is 7.92. The molecule has 0 unspecified atom stereocenters. The van der Waals surface area contributed by atoms with Crippen molar-refractivity contribution in [2.24, 2.45) is 7.05 Å². The molecule has 0 bridgehead atoms. The standard InChI is InChI=1S/C33H33F4N5O5S/c1-31(2,3)42(30(43)44)26(15-19-13-20(34)16-21(35)14-19)27-23(10-9-22(38-27)11-12-32(45)17-33(36,37)18-32)24-7-6-8-25-28(24)41(4)39-29(25)40-48(5,46)47/h6-10,13-14,16,26,45H,15,17-18H2,1-5H3,(H,39,40)(H,43,44)/t26-/m0/s1. The number of hydrogen-bond donors (Lipinski definition) is 3. The van der Waals surface area contributed by atoms with Crippen molar-refractivity contribution in [1.29, 1.82) is 0 Å². The van der Waals surface area contributed by atoms with Crippen LogP contribution in [0.3, 0.4) is 0 Å². The molecule has 254 valence electrons. The van der Waals surface area contributed by atoms with E-state index in [2.05, 4.69) is 21.7 Å². The molecule has 2 aromatic carbocycles. The first-order chi connectivity index (χ1) is 22.1. The van der Waals surface area contributed by atoms with Gasteiger partial charge in [0, 0.05) is 35.2 Å². The number of carboxylic acid groups (broad SMARTS) is 1. The molecule has 1 fully saturated rings. The molecule has 1 amide bonds. The largest absolute Gasteiger partial charge is 0.465 e. The number of para-hydroxylation sites is 1. The number of pyridine rings is 1. The number of anilines is 1. The van der Waals surface area contributed by atoms with Crippen molar-refractivity contribution in [3.8, 4) is 23.0 Å². The van der Waals surface area contributed by atoms with E-state index in [9.17, 15) is 41.0 Å². The van der Waals surface area contributed by atoms with Crippen molar-refractivity contribution in [1.82, 2.24) is 19.7 Å². The van der Waals surface area contributed by atoms with E-state index in [1.54, 1.807) is 52.1 Å². The molecule has 15 heteroatoms. The second-order valence-corrected chi connectivity index (χ2v) is 14.7. The lowest BCUT2D eigenvalue weighted by atomic mass is 9.77. The highest BCUT2D eigenvalue weighted by Gasteiger charge is 2.55. The molecule has 0 radical (unpaired) electrons. The molecule has 1 aliphatic carbocycles. The predicted molar refractivity (Wildman–Crippen MR) is 171 cm³/mol. The zero-order valence-electron chi connectivity index (χ0n) is 26.6. The van der Waals surface area contributed by atoms with Gasteiger partial charge in [0.2, 0.25) is 10.0 Å². The van der Waals surface area contributed by atoms with Gasteiger partial charge in [0.05, 0.1) is 36.3 Å². The van der Waals surface area contributed by atoms with E-state index < -0.39 is 63.7 Å². The van der Waals surface area contributed by atoms with Crippen molar-refractivity contribution in [2.75, 3.05) is 11.0 Å². The van der Waals surface area contributed by atoms with Gasteiger partial charge in [-0.25, -0.2) is 35.8 Å². The minimum absolute atomic E-state index is 0.0173. The smallest absolute Gasteiger partial charge is 0.408 e. The van der Waals surface area contributed by atoms with Crippen LogP contribution < -0.4 is 4.72 Å². The van der Waals surface area contributed by atoms with E-state index in [1.807, 2.05) is 0 Å². The number of halogens is 4. The molecular formula is C33H33F4N5O5S. The fourth-order valence-electron chi connectivity index (χ4n) is 6.05. The number of nitrogens with zero attached hydrogens (tertiary/aromatic N) is 4. The number of amides is 1. The fraction of sp³-hybridized carbons (Fsp3) is 0.364. The molecule has 1 aliphatic rings. The Balaban J connectivity index is 1.79. The summed E-state index contributed by atoms with van der Waals surface area (Å²) in [4.78, 5) is 18.7. The van der Waals surface area contributed by atoms with Gasteiger partial charge in [-0.2, -0.15) is 5.10 Å². The van der Waals surface area contributed by atoms with Crippen molar-refractivity contribution < 1.29 is 41.0 Å². The highest BCUT2D eigenvalue weighted by Crippen LogP contribution is 2.45. The van der Waals surface area contributed by atoms with Crippen LogP contribution in [0.4, 0.5) is 28.2 Å². The van der Waals surface area contributed by atoms with Crippen LogP contribution in [-0.4, -0.2) is 67.7 Å². The first-order valence-electron chi connectivity index (χ1n) is 14.7. The number of aliphatic hydroxyl groups is 1. The van der Waals surface area contributed by atoms with Crippen molar-refractivity contribution in [2.45, 2.75) is 63.1 Å². The minimum atomic E-state index is -3.72. The Hall–Kier alpha value is -4.68. The number of aryl methyl sites for hydroxylation is 1. The van der Waals surface area contributed by atoms with Gasteiger partial charge in [-0.1, -0.05) is 18.1 Å². The summed E-state index contributed by atoms with van der Waals surface area (Å²) in [5.74, 6) is 0.352. The topological polar surface area (TPSA) is 138 Å². The molecule has 1 saturated carbocycles. The van der Waals surface area contributed by atoms with Gasteiger partial charge in [-0.15, -0.1) is 0 Å². The zero-order chi connectivity index (χ0) is 35.4. The Bertz CT molecular complexity index is 2070.